The van der Waals surface area contributed by atoms with Crippen molar-refractivity contribution in [2.45, 2.75) is 68.0 Å². The summed E-state index contributed by atoms with van der Waals surface area (Å²) in [5, 5.41) is 72.1. The quantitative estimate of drug-likeness (QED) is 0.194. The van der Waals surface area contributed by atoms with Crippen LogP contribution in [0.25, 0.3) is 0 Å². The molecule has 13 nitrogen and oxygen atoms in total. The van der Waals surface area contributed by atoms with Crippen LogP contribution in [0.15, 0.2) is 30.3 Å². The molecule has 2 aliphatic heterocycles. The molecule has 33 heavy (non-hydrogen) atoms. The maximum absolute atomic E-state index is 12.3. The molecule has 6 unspecified atom stereocenters. The fraction of sp³-hybridized carbons (Fsp3) is 0.650. The molecule has 0 aliphatic carbocycles. The lowest BCUT2D eigenvalue weighted by Crippen LogP contribution is -2.67. The van der Waals surface area contributed by atoms with Crippen molar-refractivity contribution in [2.75, 3.05) is 13.2 Å². The molecular formula is C20H29NO12. The topological polar surface area (TPSA) is 208 Å². The maximum atomic E-state index is 12.3. The van der Waals surface area contributed by atoms with Gasteiger partial charge >= 0.3 is 6.09 Å². The summed E-state index contributed by atoms with van der Waals surface area (Å²) in [7, 11) is 0. The standard InChI is InChI=1S/C20H29NO12/c22-6-10-13(24)15(26)16(27)19(32-10)33-17-12(18(28)31-11(7-23)14(17)25)21-20(29)30-8-9-4-2-1-3-5-9/h1-5,10-19,22-28H,6-8H2,(H,21,29)/t10?,11?,12?,13-,14+,15?,16?,17?,18-,19-/m0/s1. The van der Waals surface area contributed by atoms with Crippen molar-refractivity contribution in [1.82, 2.24) is 5.32 Å². The molecule has 13 heteroatoms. The van der Waals surface area contributed by atoms with Crippen LogP contribution < -0.4 is 5.32 Å². The van der Waals surface area contributed by atoms with Gasteiger partial charge in [0.2, 0.25) is 0 Å². The van der Waals surface area contributed by atoms with Gasteiger partial charge in [-0.2, -0.15) is 0 Å². The van der Waals surface area contributed by atoms with Crippen LogP contribution >= 0.6 is 0 Å². The molecule has 2 heterocycles. The van der Waals surface area contributed by atoms with Gasteiger partial charge < -0.3 is 60.0 Å². The number of carbonyl (C=O) groups excluding carboxylic acids is 1. The summed E-state index contributed by atoms with van der Waals surface area (Å²) < 4.78 is 21.1. The van der Waals surface area contributed by atoms with Gasteiger partial charge in [0.15, 0.2) is 12.6 Å². The van der Waals surface area contributed by atoms with Gasteiger partial charge in [-0.1, -0.05) is 30.3 Å². The van der Waals surface area contributed by atoms with Gasteiger partial charge in [-0.05, 0) is 5.56 Å². The molecule has 0 radical (unpaired) electrons. The number of aliphatic hydroxyl groups is 7. The number of alkyl carbamates (subject to hydrolysis) is 1. The third-order valence-corrected chi connectivity index (χ3v) is 5.51. The molecule has 0 bridgehead atoms. The molecule has 2 fully saturated rings. The van der Waals surface area contributed by atoms with Crippen LogP contribution in [-0.2, 0) is 25.6 Å². The Bertz CT molecular complexity index is 752. The van der Waals surface area contributed by atoms with Gasteiger partial charge in [-0.25, -0.2) is 4.79 Å². The summed E-state index contributed by atoms with van der Waals surface area (Å²) in [6, 6.07) is 7.31. The number of aliphatic hydroxyl groups excluding tert-OH is 7. The second-order valence-electron chi connectivity index (χ2n) is 7.77. The van der Waals surface area contributed by atoms with Crippen molar-refractivity contribution < 1.29 is 59.5 Å². The van der Waals surface area contributed by atoms with Crippen LogP contribution in [0.4, 0.5) is 4.79 Å². The lowest BCUT2D eigenvalue weighted by atomic mass is 9.95. The van der Waals surface area contributed by atoms with Crippen molar-refractivity contribution in [3.63, 3.8) is 0 Å². The van der Waals surface area contributed by atoms with E-state index in [1.54, 1.807) is 30.3 Å². The molecule has 186 valence electrons. The second-order valence-corrected chi connectivity index (χ2v) is 7.77. The summed E-state index contributed by atoms with van der Waals surface area (Å²) in [6.07, 6.45) is -15.3. The summed E-state index contributed by atoms with van der Waals surface area (Å²) in [5.41, 5.74) is 0.697. The molecule has 2 saturated heterocycles. The largest absolute Gasteiger partial charge is 0.445 e. The number of rotatable bonds is 7. The predicted molar refractivity (Wildman–Crippen MR) is 106 cm³/mol. The zero-order chi connectivity index (χ0) is 24.1. The van der Waals surface area contributed by atoms with Gasteiger partial charge in [-0.15, -0.1) is 0 Å². The molecule has 8 N–H and O–H groups in total. The average Bonchev–Trinajstić information content (AvgIpc) is 2.82. The molecule has 3 rings (SSSR count). The zero-order valence-corrected chi connectivity index (χ0v) is 17.5. The number of ether oxygens (including phenoxy) is 4. The third kappa shape index (κ3) is 5.96. The van der Waals surface area contributed by atoms with Crippen molar-refractivity contribution >= 4 is 6.09 Å². The van der Waals surface area contributed by atoms with Gasteiger partial charge in [0.25, 0.3) is 0 Å². The first kappa shape index (κ1) is 25.7. The molecule has 10 atom stereocenters. The summed E-state index contributed by atoms with van der Waals surface area (Å²) >= 11 is 0. The van der Waals surface area contributed by atoms with Crippen LogP contribution in [0.5, 0.6) is 0 Å². The van der Waals surface area contributed by atoms with Gasteiger partial charge in [0.1, 0.15) is 55.4 Å². The minimum atomic E-state index is -1.80. The first-order valence-electron chi connectivity index (χ1n) is 10.3. The first-order chi connectivity index (χ1) is 15.8. The van der Waals surface area contributed by atoms with Crippen LogP contribution in [0, 0.1) is 0 Å². The Morgan fingerprint density at radius 2 is 1.52 bits per heavy atom. The van der Waals surface area contributed by atoms with E-state index in [2.05, 4.69) is 5.32 Å². The number of hydrogen-bond donors (Lipinski definition) is 8. The highest BCUT2D eigenvalue weighted by Gasteiger charge is 2.51. The van der Waals surface area contributed by atoms with Crippen molar-refractivity contribution in [1.29, 1.82) is 0 Å². The highest BCUT2D eigenvalue weighted by Crippen LogP contribution is 2.28. The number of nitrogens with one attached hydrogen (secondary N) is 1. The van der Waals surface area contributed by atoms with E-state index in [9.17, 15) is 40.5 Å². The Kier molecular flexibility index (Phi) is 8.95. The third-order valence-electron chi connectivity index (χ3n) is 5.51. The van der Waals surface area contributed by atoms with E-state index >= 15 is 0 Å². The van der Waals surface area contributed by atoms with E-state index in [1.165, 1.54) is 0 Å². The number of amides is 1. The smallest absolute Gasteiger partial charge is 0.407 e. The fourth-order valence-corrected chi connectivity index (χ4v) is 3.64. The van der Waals surface area contributed by atoms with Crippen molar-refractivity contribution in [3.8, 4) is 0 Å². The van der Waals surface area contributed by atoms with Crippen LogP contribution in [0.3, 0.4) is 0 Å². The number of carbonyl (C=O) groups is 1. The molecule has 0 spiro atoms. The van der Waals surface area contributed by atoms with E-state index in [1.807, 2.05) is 0 Å². The molecule has 1 aromatic rings. The molecule has 1 aromatic carbocycles. The molecule has 0 aromatic heterocycles. The van der Waals surface area contributed by atoms with Crippen LogP contribution in [-0.4, -0.2) is 116 Å². The average molecular weight is 475 g/mol. The monoisotopic (exact) mass is 475 g/mol. The molecular weight excluding hydrogens is 446 g/mol. The van der Waals surface area contributed by atoms with E-state index in [4.69, 9.17) is 18.9 Å². The predicted octanol–water partition coefficient (Wildman–Crippen LogP) is -3.46. The van der Waals surface area contributed by atoms with E-state index < -0.39 is 80.7 Å². The highest BCUT2D eigenvalue weighted by atomic mass is 16.7. The van der Waals surface area contributed by atoms with Gasteiger partial charge in [-0.3, -0.25) is 0 Å². The molecule has 0 saturated carbocycles. The highest BCUT2D eigenvalue weighted by molar-refractivity contribution is 5.67. The lowest BCUT2D eigenvalue weighted by Gasteiger charge is -2.46. The van der Waals surface area contributed by atoms with Crippen LogP contribution in [0.1, 0.15) is 5.56 Å². The minimum Gasteiger partial charge on any atom is -0.445 e. The summed E-state index contributed by atoms with van der Waals surface area (Å²) in [4.78, 5) is 12.3. The lowest BCUT2D eigenvalue weighted by molar-refractivity contribution is -0.341. The molecule has 2 aliphatic rings. The van der Waals surface area contributed by atoms with Gasteiger partial charge in [0, 0.05) is 0 Å². The van der Waals surface area contributed by atoms with Crippen LogP contribution in [0.2, 0.25) is 0 Å². The Morgan fingerprint density at radius 1 is 0.879 bits per heavy atom. The Labute approximate surface area is 188 Å². The Hall–Kier alpha value is -1.91. The maximum Gasteiger partial charge on any atom is 0.407 e. The molecule has 1 amide bonds. The minimum absolute atomic E-state index is 0.0869. The normalized spacial score (nSPS) is 39.1. The Morgan fingerprint density at radius 3 is 2.15 bits per heavy atom. The second kappa shape index (κ2) is 11.5. The van der Waals surface area contributed by atoms with E-state index in [0.29, 0.717) is 5.56 Å². The summed E-state index contributed by atoms with van der Waals surface area (Å²) in [5.74, 6) is 0. The number of hydrogen-bond acceptors (Lipinski definition) is 12. The van der Waals surface area contributed by atoms with Crippen molar-refractivity contribution in [3.05, 3.63) is 35.9 Å². The number of benzene rings is 1. The fourth-order valence-electron chi connectivity index (χ4n) is 3.64. The zero-order valence-electron chi connectivity index (χ0n) is 17.5. The van der Waals surface area contributed by atoms with E-state index in [0.717, 1.165) is 0 Å². The SMILES string of the molecule is O=C(NC1C(O[C@@H]2OC(CO)[C@H](O)C(O)C2O)[C@H](O)C(CO)O[C@@H]1O)OCc1ccccc1. The van der Waals surface area contributed by atoms with Gasteiger partial charge in [0.05, 0.1) is 13.2 Å². The Balaban J connectivity index is 1.72. The van der Waals surface area contributed by atoms with E-state index in [-0.39, 0.29) is 6.61 Å². The first-order valence-corrected chi connectivity index (χ1v) is 10.3. The summed E-state index contributed by atoms with van der Waals surface area (Å²) in [6.45, 7) is -1.51. The van der Waals surface area contributed by atoms with Crippen molar-refractivity contribution in [2.24, 2.45) is 0 Å².